The summed E-state index contributed by atoms with van der Waals surface area (Å²) in [6, 6.07) is 12.0. The third-order valence-electron chi connectivity index (χ3n) is 8.29. The van der Waals surface area contributed by atoms with Crippen LogP contribution in [0.15, 0.2) is 61.2 Å². The Morgan fingerprint density at radius 1 is 0.860 bits per heavy atom. The first-order chi connectivity index (χ1) is 21.1. The highest BCUT2D eigenvalue weighted by atomic mass is 16.5. The number of fused-ring (bicyclic) bond motifs is 1. The molecule has 6 heterocycles. The molecule has 0 atom stereocenters. The van der Waals surface area contributed by atoms with Crippen LogP contribution in [0.2, 0.25) is 0 Å². The lowest BCUT2D eigenvalue weighted by Crippen LogP contribution is -2.48. The fraction of sp³-hybridized carbons (Fsp3) is 0.355. The molecule has 1 aromatic carbocycles. The molecule has 2 saturated heterocycles. The van der Waals surface area contributed by atoms with Crippen LogP contribution < -0.4 is 15.5 Å². The van der Waals surface area contributed by atoms with Crippen molar-refractivity contribution in [3.05, 3.63) is 77.9 Å². The van der Waals surface area contributed by atoms with Crippen molar-refractivity contribution in [2.45, 2.75) is 13.0 Å². The molecule has 0 saturated carbocycles. The summed E-state index contributed by atoms with van der Waals surface area (Å²) in [5, 5.41) is 0. The second-order valence-corrected chi connectivity index (χ2v) is 11.0. The number of carbonyl (C=O) groups is 1. The van der Waals surface area contributed by atoms with Crippen LogP contribution in [0.4, 0.5) is 23.4 Å². The Morgan fingerprint density at radius 2 is 1.58 bits per heavy atom. The molecular formula is C31H34N10O2. The maximum Gasteiger partial charge on any atom is 0.253 e. The van der Waals surface area contributed by atoms with Gasteiger partial charge in [0.05, 0.1) is 18.9 Å². The van der Waals surface area contributed by atoms with Crippen LogP contribution in [-0.4, -0.2) is 99.7 Å². The number of aromatic nitrogens is 5. The van der Waals surface area contributed by atoms with Crippen molar-refractivity contribution in [1.82, 2.24) is 34.7 Å². The summed E-state index contributed by atoms with van der Waals surface area (Å²) in [5.74, 6) is 1.83. The van der Waals surface area contributed by atoms with Crippen molar-refractivity contribution in [3.63, 3.8) is 0 Å². The van der Waals surface area contributed by atoms with Crippen molar-refractivity contribution >= 4 is 29.3 Å². The van der Waals surface area contributed by atoms with Crippen LogP contribution in [-0.2, 0) is 17.7 Å². The van der Waals surface area contributed by atoms with Gasteiger partial charge < -0.3 is 25.2 Å². The quantitative estimate of drug-likeness (QED) is 0.362. The van der Waals surface area contributed by atoms with Gasteiger partial charge in [-0.25, -0.2) is 15.0 Å². The van der Waals surface area contributed by atoms with Gasteiger partial charge in [-0.15, -0.1) is 0 Å². The average molecular weight is 579 g/mol. The number of nitrogens with zero attached hydrogens (tertiary/aromatic N) is 9. The Labute approximate surface area is 250 Å². The van der Waals surface area contributed by atoms with Crippen LogP contribution >= 0.6 is 0 Å². The number of benzene rings is 1. The van der Waals surface area contributed by atoms with Gasteiger partial charge in [0.15, 0.2) is 0 Å². The Kier molecular flexibility index (Phi) is 7.52. The zero-order valence-corrected chi connectivity index (χ0v) is 24.0. The van der Waals surface area contributed by atoms with Gasteiger partial charge in [0.25, 0.3) is 5.91 Å². The van der Waals surface area contributed by atoms with Gasteiger partial charge in [-0.1, -0.05) is 0 Å². The lowest BCUT2D eigenvalue weighted by atomic mass is 10.1. The van der Waals surface area contributed by atoms with E-state index in [-0.39, 0.29) is 11.9 Å². The maximum atomic E-state index is 13.4. The van der Waals surface area contributed by atoms with Gasteiger partial charge in [-0.3, -0.25) is 14.7 Å². The Balaban J connectivity index is 1.09. The summed E-state index contributed by atoms with van der Waals surface area (Å²) in [5.41, 5.74) is 11.4. The van der Waals surface area contributed by atoms with Gasteiger partial charge in [0.2, 0.25) is 11.9 Å². The number of nitrogens with two attached hydrogens (primary N) is 1. The molecule has 0 spiro atoms. The fourth-order valence-corrected chi connectivity index (χ4v) is 5.92. The van der Waals surface area contributed by atoms with E-state index in [4.69, 9.17) is 20.4 Å². The number of ether oxygens (including phenoxy) is 1. The van der Waals surface area contributed by atoms with Crippen molar-refractivity contribution in [3.8, 4) is 11.3 Å². The highest BCUT2D eigenvalue weighted by Gasteiger charge is 2.30. The lowest BCUT2D eigenvalue weighted by Gasteiger charge is -2.34. The number of hydrogen-bond acceptors (Lipinski definition) is 11. The van der Waals surface area contributed by atoms with E-state index < -0.39 is 0 Å². The van der Waals surface area contributed by atoms with Gasteiger partial charge in [-0.05, 0) is 48.4 Å². The van der Waals surface area contributed by atoms with E-state index in [0.29, 0.717) is 37.8 Å². The lowest BCUT2D eigenvalue weighted by molar-refractivity contribution is 0.0628. The number of piperazine rings is 1. The summed E-state index contributed by atoms with van der Waals surface area (Å²) < 4.78 is 5.56. The maximum absolute atomic E-state index is 13.4. The number of pyridine rings is 1. The SMILES string of the molecule is Nc1ncc(-c2nc(N3CCOCC3)nc3c2CCN3c2ccc(C(=O)N3CCN(Cc4ccncc4)CC3)cc2)cn1. The number of amides is 1. The van der Waals surface area contributed by atoms with Crippen molar-refractivity contribution in [1.29, 1.82) is 0 Å². The molecule has 12 heteroatoms. The monoisotopic (exact) mass is 578 g/mol. The van der Waals surface area contributed by atoms with Crippen LogP contribution in [0, 0.1) is 0 Å². The smallest absolute Gasteiger partial charge is 0.253 e. The molecule has 4 aromatic rings. The molecule has 2 fully saturated rings. The standard InChI is InChI=1S/C31H34N10O2/c32-30-34-19-24(20-35-30)27-26-7-10-41(28(26)37-31(36-27)40-15-17-43-18-16-40)25-3-1-23(2-4-25)29(42)39-13-11-38(12-14-39)21-22-5-8-33-9-6-22/h1-6,8-9,19-20H,7,10-18,21H2,(H2,32,34,35). The van der Waals surface area contributed by atoms with Crippen molar-refractivity contribution < 1.29 is 9.53 Å². The predicted molar refractivity (Wildman–Crippen MR) is 163 cm³/mol. The zero-order valence-electron chi connectivity index (χ0n) is 24.0. The van der Waals surface area contributed by atoms with E-state index in [1.165, 1.54) is 5.56 Å². The van der Waals surface area contributed by atoms with Gasteiger partial charge in [0, 0.05) is 99.5 Å². The highest BCUT2D eigenvalue weighted by molar-refractivity contribution is 5.95. The van der Waals surface area contributed by atoms with Crippen LogP contribution in [0.5, 0.6) is 0 Å². The Morgan fingerprint density at radius 3 is 2.30 bits per heavy atom. The summed E-state index contributed by atoms with van der Waals surface area (Å²) in [6.45, 7) is 7.49. The first-order valence-corrected chi connectivity index (χ1v) is 14.7. The third-order valence-corrected chi connectivity index (χ3v) is 8.29. The van der Waals surface area contributed by atoms with Gasteiger partial charge in [0.1, 0.15) is 5.82 Å². The minimum Gasteiger partial charge on any atom is -0.378 e. The Hall–Kier alpha value is -4.68. The second-order valence-electron chi connectivity index (χ2n) is 11.0. The summed E-state index contributed by atoms with van der Waals surface area (Å²) >= 11 is 0. The topological polar surface area (TPSA) is 130 Å². The number of hydrogen-bond donors (Lipinski definition) is 1. The largest absolute Gasteiger partial charge is 0.378 e. The average Bonchev–Trinajstić information content (AvgIpc) is 3.50. The molecular weight excluding hydrogens is 544 g/mol. The summed E-state index contributed by atoms with van der Waals surface area (Å²) in [6.07, 6.45) is 7.86. The van der Waals surface area contributed by atoms with E-state index >= 15 is 0 Å². The molecule has 220 valence electrons. The predicted octanol–water partition coefficient (Wildman–Crippen LogP) is 2.40. The first kappa shape index (κ1) is 27.2. The van der Waals surface area contributed by atoms with Crippen molar-refractivity contribution in [2.75, 3.05) is 74.6 Å². The molecule has 0 aliphatic carbocycles. The number of anilines is 4. The molecule has 43 heavy (non-hydrogen) atoms. The van der Waals surface area contributed by atoms with Gasteiger partial charge >= 0.3 is 0 Å². The molecule has 1 amide bonds. The Bertz CT molecular complexity index is 1570. The number of rotatable bonds is 6. The molecule has 3 aromatic heterocycles. The molecule has 7 rings (SSSR count). The van der Waals surface area contributed by atoms with Crippen LogP contribution in [0.3, 0.4) is 0 Å². The number of morpholine rings is 1. The normalized spacial score (nSPS) is 17.3. The fourth-order valence-electron chi connectivity index (χ4n) is 5.92. The molecule has 0 bridgehead atoms. The third kappa shape index (κ3) is 5.71. The van der Waals surface area contributed by atoms with Crippen LogP contribution in [0.1, 0.15) is 21.5 Å². The zero-order chi connectivity index (χ0) is 29.2. The molecule has 3 aliphatic heterocycles. The minimum absolute atomic E-state index is 0.0690. The minimum atomic E-state index is 0.0690. The molecule has 3 aliphatic rings. The molecule has 0 radical (unpaired) electrons. The van der Waals surface area contributed by atoms with E-state index in [1.807, 2.05) is 53.7 Å². The summed E-state index contributed by atoms with van der Waals surface area (Å²) in [4.78, 5) is 44.6. The first-order valence-electron chi connectivity index (χ1n) is 14.7. The van der Waals surface area contributed by atoms with E-state index in [9.17, 15) is 4.79 Å². The summed E-state index contributed by atoms with van der Waals surface area (Å²) in [7, 11) is 0. The second kappa shape index (κ2) is 11.9. The molecule has 12 nitrogen and oxygen atoms in total. The van der Waals surface area contributed by atoms with Crippen LogP contribution in [0.25, 0.3) is 11.3 Å². The highest BCUT2D eigenvalue weighted by Crippen LogP contribution is 2.39. The number of nitrogen functional groups attached to an aromatic ring is 1. The van der Waals surface area contributed by atoms with E-state index in [1.54, 1.807) is 12.4 Å². The van der Waals surface area contributed by atoms with E-state index in [0.717, 1.165) is 74.0 Å². The van der Waals surface area contributed by atoms with E-state index in [2.05, 4.69) is 29.7 Å². The van der Waals surface area contributed by atoms with Crippen molar-refractivity contribution in [2.24, 2.45) is 0 Å². The molecule has 0 unspecified atom stereocenters. The van der Waals surface area contributed by atoms with Gasteiger partial charge in [-0.2, -0.15) is 4.98 Å². The number of carbonyl (C=O) groups excluding carboxylic acids is 1. The molecule has 2 N–H and O–H groups in total.